The summed E-state index contributed by atoms with van der Waals surface area (Å²) in [7, 11) is 1.96. The monoisotopic (exact) mass is 272 g/mol. The highest BCUT2D eigenvalue weighted by Crippen LogP contribution is 2.25. The molecule has 1 saturated carbocycles. The van der Waals surface area contributed by atoms with Gasteiger partial charge >= 0.3 is 0 Å². The van der Waals surface area contributed by atoms with Gasteiger partial charge in [0.2, 0.25) is 0 Å². The Morgan fingerprint density at radius 1 is 1.47 bits per heavy atom. The van der Waals surface area contributed by atoms with E-state index in [9.17, 15) is 0 Å². The van der Waals surface area contributed by atoms with E-state index in [1.165, 1.54) is 25.7 Å². The standard InChI is InChI=1S/C11H17BrN2O/c1-8-11(12)10(14(2)13-8)7-15-9-5-3-4-6-9/h9H,3-7H2,1-2H3. The maximum absolute atomic E-state index is 5.87. The fraction of sp³-hybridized carbons (Fsp3) is 0.727. The number of ether oxygens (including phenoxy) is 1. The van der Waals surface area contributed by atoms with Crippen molar-refractivity contribution in [3.63, 3.8) is 0 Å². The van der Waals surface area contributed by atoms with E-state index < -0.39 is 0 Å². The molecular formula is C11H17BrN2O. The third kappa shape index (κ3) is 2.42. The summed E-state index contributed by atoms with van der Waals surface area (Å²) >= 11 is 3.55. The van der Waals surface area contributed by atoms with Crippen molar-refractivity contribution in [2.24, 2.45) is 7.05 Å². The molecule has 0 amide bonds. The molecule has 0 aromatic carbocycles. The van der Waals surface area contributed by atoms with Crippen molar-refractivity contribution in [2.45, 2.75) is 45.3 Å². The number of aryl methyl sites for hydroxylation is 2. The van der Waals surface area contributed by atoms with Crippen molar-refractivity contribution >= 4 is 15.9 Å². The van der Waals surface area contributed by atoms with Crippen molar-refractivity contribution in [1.29, 1.82) is 0 Å². The zero-order chi connectivity index (χ0) is 10.8. The Kier molecular flexibility index (Phi) is 3.46. The van der Waals surface area contributed by atoms with Crippen molar-refractivity contribution in [1.82, 2.24) is 9.78 Å². The van der Waals surface area contributed by atoms with E-state index in [2.05, 4.69) is 21.0 Å². The summed E-state index contributed by atoms with van der Waals surface area (Å²) in [6.07, 6.45) is 5.53. The fourth-order valence-corrected chi connectivity index (χ4v) is 2.54. The van der Waals surface area contributed by atoms with Crippen LogP contribution in [0.2, 0.25) is 0 Å². The van der Waals surface area contributed by atoms with Gasteiger partial charge in [0.05, 0.1) is 28.6 Å². The molecule has 0 unspecified atom stereocenters. The Morgan fingerprint density at radius 3 is 2.67 bits per heavy atom. The highest BCUT2D eigenvalue weighted by atomic mass is 79.9. The van der Waals surface area contributed by atoms with E-state index in [1.54, 1.807) is 0 Å². The van der Waals surface area contributed by atoms with Gasteiger partial charge in [-0.3, -0.25) is 4.68 Å². The van der Waals surface area contributed by atoms with Crippen LogP contribution in [0.3, 0.4) is 0 Å². The Hall–Kier alpha value is -0.350. The summed E-state index contributed by atoms with van der Waals surface area (Å²) in [5.41, 5.74) is 2.17. The van der Waals surface area contributed by atoms with Crippen LogP contribution in [-0.2, 0) is 18.4 Å². The lowest BCUT2D eigenvalue weighted by Crippen LogP contribution is -2.09. The van der Waals surface area contributed by atoms with Crippen LogP contribution in [0.5, 0.6) is 0 Å². The molecule has 0 radical (unpaired) electrons. The SMILES string of the molecule is Cc1nn(C)c(COC2CCCC2)c1Br. The van der Waals surface area contributed by atoms with E-state index in [-0.39, 0.29) is 0 Å². The van der Waals surface area contributed by atoms with Gasteiger partial charge in [-0.1, -0.05) is 12.8 Å². The number of halogens is 1. The normalized spacial score (nSPS) is 17.5. The molecule has 1 aliphatic rings. The maximum atomic E-state index is 5.87. The Labute approximate surface area is 98.9 Å². The molecule has 1 aliphatic carbocycles. The van der Waals surface area contributed by atoms with Gasteiger partial charge in [-0.15, -0.1) is 0 Å². The van der Waals surface area contributed by atoms with Crippen LogP contribution in [-0.4, -0.2) is 15.9 Å². The van der Waals surface area contributed by atoms with Crippen LogP contribution in [0.1, 0.15) is 37.1 Å². The van der Waals surface area contributed by atoms with Crippen molar-refractivity contribution in [2.75, 3.05) is 0 Å². The second kappa shape index (κ2) is 4.66. The molecule has 1 fully saturated rings. The lowest BCUT2D eigenvalue weighted by atomic mass is 10.3. The highest BCUT2D eigenvalue weighted by molar-refractivity contribution is 9.10. The summed E-state index contributed by atoms with van der Waals surface area (Å²) in [6, 6.07) is 0. The molecule has 0 saturated heterocycles. The molecule has 84 valence electrons. The molecule has 0 bridgehead atoms. The molecule has 1 heterocycles. The van der Waals surface area contributed by atoms with Crippen LogP contribution in [0, 0.1) is 6.92 Å². The van der Waals surface area contributed by atoms with Crippen LogP contribution >= 0.6 is 15.9 Å². The van der Waals surface area contributed by atoms with Crippen LogP contribution in [0.15, 0.2) is 4.47 Å². The quantitative estimate of drug-likeness (QED) is 0.846. The minimum atomic E-state index is 0.465. The summed E-state index contributed by atoms with van der Waals surface area (Å²) in [5, 5.41) is 4.35. The number of nitrogens with zero attached hydrogens (tertiary/aromatic N) is 2. The molecule has 2 rings (SSSR count). The van der Waals surface area contributed by atoms with Gasteiger partial charge < -0.3 is 4.74 Å². The second-order valence-electron chi connectivity index (χ2n) is 4.19. The second-order valence-corrected chi connectivity index (χ2v) is 4.98. The smallest absolute Gasteiger partial charge is 0.0900 e. The maximum Gasteiger partial charge on any atom is 0.0900 e. The summed E-state index contributed by atoms with van der Waals surface area (Å²) in [6.45, 7) is 2.67. The lowest BCUT2D eigenvalue weighted by molar-refractivity contribution is 0.0417. The molecule has 4 heteroatoms. The largest absolute Gasteiger partial charge is 0.372 e. The molecule has 1 aromatic heterocycles. The third-order valence-electron chi connectivity index (χ3n) is 3.02. The average Bonchev–Trinajstić information content (AvgIpc) is 2.76. The van der Waals surface area contributed by atoms with E-state index in [1.807, 2.05) is 18.7 Å². The Morgan fingerprint density at radius 2 is 2.13 bits per heavy atom. The predicted molar refractivity (Wildman–Crippen MR) is 62.7 cm³/mol. The molecule has 0 atom stereocenters. The number of hydrogen-bond donors (Lipinski definition) is 0. The molecular weight excluding hydrogens is 256 g/mol. The number of hydrogen-bond acceptors (Lipinski definition) is 2. The minimum Gasteiger partial charge on any atom is -0.372 e. The van der Waals surface area contributed by atoms with Crippen molar-refractivity contribution < 1.29 is 4.74 Å². The Bertz CT molecular complexity index is 343. The molecule has 3 nitrogen and oxygen atoms in total. The Balaban J connectivity index is 1.97. The first kappa shape index (κ1) is 11.1. The molecule has 15 heavy (non-hydrogen) atoms. The van der Waals surface area contributed by atoms with Gasteiger partial charge in [0.1, 0.15) is 0 Å². The fourth-order valence-electron chi connectivity index (χ4n) is 2.09. The van der Waals surface area contributed by atoms with Gasteiger partial charge in [-0.05, 0) is 35.7 Å². The van der Waals surface area contributed by atoms with Crippen molar-refractivity contribution in [3.8, 4) is 0 Å². The lowest BCUT2D eigenvalue weighted by Gasteiger charge is -2.11. The third-order valence-corrected chi connectivity index (χ3v) is 4.05. The number of aromatic nitrogens is 2. The van der Waals surface area contributed by atoms with Crippen molar-refractivity contribution in [3.05, 3.63) is 15.9 Å². The summed E-state index contributed by atoms with van der Waals surface area (Å²) in [4.78, 5) is 0. The van der Waals surface area contributed by atoms with Crippen LogP contribution in [0.25, 0.3) is 0 Å². The molecule has 0 aliphatic heterocycles. The van der Waals surface area contributed by atoms with E-state index in [0.29, 0.717) is 12.7 Å². The first-order valence-electron chi connectivity index (χ1n) is 5.48. The van der Waals surface area contributed by atoms with E-state index in [4.69, 9.17) is 4.74 Å². The zero-order valence-corrected chi connectivity index (χ0v) is 10.9. The van der Waals surface area contributed by atoms with Gasteiger partial charge in [0, 0.05) is 7.05 Å². The van der Waals surface area contributed by atoms with Gasteiger partial charge in [-0.2, -0.15) is 5.10 Å². The molecule has 0 spiro atoms. The van der Waals surface area contributed by atoms with Crippen LogP contribution < -0.4 is 0 Å². The van der Waals surface area contributed by atoms with Crippen LogP contribution in [0.4, 0.5) is 0 Å². The van der Waals surface area contributed by atoms with Gasteiger partial charge in [-0.25, -0.2) is 0 Å². The zero-order valence-electron chi connectivity index (χ0n) is 9.29. The minimum absolute atomic E-state index is 0.465. The number of rotatable bonds is 3. The summed E-state index contributed by atoms with van der Waals surface area (Å²) in [5.74, 6) is 0. The highest BCUT2D eigenvalue weighted by Gasteiger charge is 2.17. The first-order chi connectivity index (χ1) is 7.18. The molecule has 1 aromatic rings. The average molecular weight is 273 g/mol. The molecule has 0 N–H and O–H groups in total. The first-order valence-corrected chi connectivity index (χ1v) is 6.27. The summed E-state index contributed by atoms with van der Waals surface area (Å²) < 4.78 is 8.86. The van der Waals surface area contributed by atoms with E-state index in [0.717, 1.165) is 15.9 Å². The topological polar surface area (TPSA) is 27.1 Å². The van der Waals surface area contributed by atoms with E-state index >= 15 is 0 Å². The predicted octanol–water partition coefficient (Wildman–Crippen LogP) is 2.95. The van der Waals surface area contributed by atoms with Gasteiger partial charge in [0.15, 0.2) is 0 Å². The van der Waals surface area contributed by atoms with Gasteiger partial charge in [0.25, 0.3) is 0 Å².